The maximum atomic E-state index is 14.0. The van der Waals surface area contributed by atoms with Gasteiger partial charge in [-0.15, -0.1) is 0 Å². The van der Waals surface area contributed by atoms with Crippen molar-refractivity contribution in [1.29, 1.82) is 0 Å². The Bertz CT molecular complexity index is 1650. The van der Waals surface area contributed by atoms with E-state index in [2.05, 4.69) is 17.1 Å². The van der Waals surface area contributed by atoms with E-state index in [1.165, 1.54) is 0 Å². The van der Waals surface area contributed by atoms with Crippen molar-refractivity contribution >= 4 is 21.8 Å². The third kappa shape index (κ3) is 2.53. The SMILES string of the molecule is Cc1cc(C)c(-n2c(=O)c3c(=O)c4ccccc4c=3[nH]c3ccc(C)cc32)c(C)c1. The van der Waals surface area contributed by atoms with Gasteiger partial charge in [0.05, 0.1) is 22.1 Å². The summed E-state index contributed by atoms with van der Waals surface area (Å²) in [4.78, 5) is 30.7. The fourth-order valence-corrected chi connectivity index (χ4v) is 4.65. The summed E-state index contributed by atoms with van der Waals surface area (Å²) in [6.45, 7) is 8.07. The molecule has 0 atom stereocenters. The molecule has 5 rings (SSSR count). The van der Waals surface area contributed by atoms with Crippen LogP contribution in [0.5, 0.6) is 0 Å². The second-order valence-corrected chi connectivity index (χ2v) is 8.16. The molecule has 1 aliphatic heterocycles. The zero-order valence-electron chi connectivity index (χ0n) is 17.5. The van der Waals surface area contributed by atoms with E-state index in [0.717, 1.165) is 44.4 Å². The highest BCUT2D eigenvalue weighted by atomic mass is 16.1. The summed E-state index contributed by atoms with van der Waals surface area (Å²) in [5, 5.41) is 2.13. The predicted octanol–water partition coefficient (Wildman–Crippen LogP) is 4.79. The van der Waals surface area contributed by atoms with Crippen LogP contribution in [0, 0.1) is 38.3 Å². The lowest BCUT2D eigenvalue weighted by Crippen LogP contribution is -2.23. The zero-order valence-corrected chi connectivity index (χ0v) is 17.5. The lowest BCUT2D eigenvalue weighted by Gasteiger charge is -2.15. The number of fused-ring (bicyclic) bond motifs is 3. The topological polar surface area (TPSA) is 54.9 Å². The molecular formula is C26H22N2O2. The molecule has 0 bridgehead atoms. The molecule has 0 spiro atoms. The summed E-state index contributed by atoms with van der Waals surface area (Å²) in [6, 6.07) is 17.5. The van der Waals surface area contributed by atoms with Crippen LogP contribution in [0.4, 0.5) is 0 Å². The summed E-state index contributed by atoms with van der Waals surface area (Å²) in [6.07, 6.45) is 0. The molecular weight excluding hydrogens is 372 g/mol. The first-order valence-electron chi connectivity index (χ1n) is 10.0. The van der Waals surface area contributed by atoms with E-state index in [4.69, 9.17) is 0 Å². The van der Waals surface area contributed by atoms with Crippen LogP contribution in [0.15, 0.2) is 64.2 Å². The van der Waals surface area contributed by atoms with Crippen LogP contribution < -0.4 is 11.0 Å². The molecule has 0 saturated carbocycles. The summed E-state index contributed by atoms with van der Waals surface area (Å²) in [5.41, 5.74) is 6.07. The molecule has 0 saturated heterocycles. The lowest BCUT2D eigenvalue weighted by atomic mass is 10.0. The molecule has 1 heterocycles. The van der Waals surface area contributed by atoms with Gasteiger partial charge in [0.2, 0.25) is 5.43 Å². The van der Waals surface area contributed by atoms with E-state index in [1.807, 2.05) is 64.1 Å². The standard InChI is InChI=1S/C26H22N2O2/c1-14-9-10-20-21(13-14)28(24-16(3)11-15(2)12-17(24)4)26(30)22-23(27-20)18-7-5-6-8-19(18)25(22)29/h5-13,27H,1-4H3. The fraction of sp³-hybridized carbons (Fsp3) is 0.154. The number of benzene rings is 3. The number of hydrogen-bond acceptors (Lipinski definition) is 2. The largest absolute Gasteiger partial charge is 0.353 e. The quantitative estimate of drug-likeness (QED) is 0.444. The Balaban J connectivity index is 2.17. The van der Waals surface area contributed by atoms with E-state index < -0.39 is 0 Å². The minimum absolute atomic E-state index is 0.199. The first-order chi connectivity index (χ1) is 14.4. The molecule has 2 aliphatic rings. The van der Waals surface area contributed by atoms with Gasteiger partial charge < -0.3 is 4.98 Å². The molecule has 1 N–H and O–H groups in total. The van der Waals surface area contributed by atoms with E-state index in [0.29, 0.717) is 10.7 Å². The number of nitrogens with one attached hydrogen (secondary N) is 1. The van der Waals surface area contributed by atoms with Crippen molar-refractivity contribution < 1.29 is 0 Å². The lowest BCUT2D eigenvalue weighted by molar-refractivity contribution is 1.00. The van der Waals surface area contributed by atoms with Crippen molar-refractivity contribution in [2.45, 2.75) is 27.7 Å². The van der Waals surface area contributed by atoms with Crippen molar-refractivity contribution in [3.05, 3.63) is 108 Å². The molecule has 4 heteroatoms. The van der Waals surface area contributed by atoms with Crippen LogP contribution in [-0.4, -0.2) is 9.55 Å². The van der Waals surface area contributed by atoms with Gasteiger partial charge in [-0.25, -0.2) is 0 Å². The number of aromatic amines is 1. The molecule has 0 unspecified atom stereocenters. The first kappa shape index (κ1) is 18.4. The first-order valence-corrected chi connectivity index (χ1v) is 10.0. The maximum absolute atomic E-state index is 14.0. The molecule has 0 aromatic heterocycles. The van der Waals surface area contributed by atoms with E-state index in [1.54, 1.807) is 10.6 Å². The average Bonchev–Trinajstić information content (AvgIpc) is 2.90. The summed E-state index contributed by atoms with van der Waals surface area (Å²) in [7, 11) is 0. The van der Waals surface area contributed by atoms with Gasteiger partial charge in [-0.05, 0) is 56.5 Å². The van der Waals surface area contributed by atoms with E-state index in [9.17, 15) is 9.59 Å². The number of aromatic nitrogens is 2. The Morgan fingerprint density at radius 1 is 0.767 bits per heavy atom. The Hall–Kier alpha value is -3.66. The molecule has 3 aromatic carbocycles. The van der Waals surface area contributed by atoms with Gasteiger partial charge in [-0.3, -0.25) is 14.2 Å². The normalized spacial score (nSPS) is 11.6. The van der Waals surface area contributed by atoms with E-state index in [-0.39, 0.29) is 16.2 Å². The molecule has 0 fully saturated rings. The van der Waals surface area contributed by atoms with Crippen LogP contribution in [0.3, 0.4) is 0 Å². The Morgan fingerprint density at radius 3 is 2.13 bits per heavy atom. The second kappa shape index (κ2) is 6.42. The Labute approximate surface area is 173 Å². The minimum atomic E-state index is -0.293. The van der Waals surface area contributed by atoms with Crippen molar-refractivity contribution in [2.75, 3.05) is 0 Å². The summed E-state index contributed by atoms with van der Waals surface area (Å²) >= 11 is 0. The fourth-order valence-electron chi connectivity index (χ4n) is 4.65. The molecule has 4 nitrogen and oxygen atoms in total. The Morgan fingerprint density at radius 2 is 1.43 bits per heavy atom. The van der Waals surface area contributed by atoms with Gasteiger partial charge in [-0.1, -0.05) is 48.0 Å². The molecule has 30 heavy (non-hydrogen) atoms. The van der Waals surface area contributed by atoms with Crippen LogP contribution in [0.25, 0.3) is 27.5 Å². The van der Waals surface area contributed by atoms with Crippen molar-refractivity contribution in [3.8, 4) is 5.69 Å². The number of nitrogens with zero attached hydrogens (tertiary/aromatic N) is 1. The second-order valence-electron chi connectivity index (χ2n) is 8.16. The van der Waals surface area contributed by atoms with Crippen LogP contribution in [0.2, 0.25) is 0 Å². The van der Waals surface area contributed by atoms with Gasteiger partial charge in [0.15, 0.2) is 0 Å². The molecule has 0 amide bonds. The monoisotopic (exact) mass is 394 g/mol. The zero-order chi connectivity index (χ0) is 21.2. The summed E-state index contributed by atoms with van der Waals surface area (Å²) in [5.74, 6) is 0. The third-order valence-corrected chi connectivity index (χ3v) is 5.85. The van der Waals surface area contributed by atoms with Gasteiger partial charge in [0.1, 0.15) is 5.22 Å². The van der Waals surface area contributed by atoms with Crippen LogP contribution >= 0.6 is 0 Å². The van der Waals surface area contributed by atoms with Crippen LogP contribution in [-0.2, 0) is 0 Å². The number of rotatable bonds is 1. The number of H-pyrrole nitrogens is 1. The third-order valence-electron chi connectivity index (χ3n) is 5.85. The predicted molar refractivity (Wildman–Crippen MR) is 122 cm³/mol. The highest BCUT2D eigenvalue weighted by Gasteiger charge is 2.17. The molecule has 1 aliphatic carbocycles. The van der Waals surface area contributed by atoms with Crippen molar-refractivity contribution in [3.63, 3.8) is 0 Å². The van der Waals surface area contributed by atoms with Gasteiger partial charge >= 0.3 is 0 Å². The van der Waals surface area contributed by atoms with Gasteiger partial charge in [0.25, 0.3) is 5.56 Å². The Kier molecular flexibility index (Phi) is 3.93. The van der Waals surface area contributed by atoms with Gasteiger partial charge in [-0.2, -0.15) is 0 Å². The smallest absolute Gasteiger partial charge is 0.269 e. The maximum Gasteiger partial charge on any atom is 0.269 e. The van der Waals surface area contributed by atoms with Gasteiger partial charge in [0, 0.05) is 10.8 Å². The molecule has 3 aromatic rings. The number of aryl methyl sites for hydroxylation is 4. The molecule has 148 valence electrons. The van der Waals surface area contributed by atoms with Crippen molar-refractivity contribution in [2.24, 2.45) is 0 Å². The minimum Gasteiger partial charge on any atom is -0.353 e. The number of hydrogen-bond donors (Lipinski definition) is 1. The summed E-state index contributed by atoms with van der Waals surface area (Å²) < 4.78 is 1.71. The molecule has 0 radical (unpaired) electrons. The van der Waals surface area contributed by atoms with Crippen LogP contribution in [0.1, 0.15) is 22.3 Å². The van der Waals surface area contributed by atoms with E-state index >= 15 is 0 Å². The highest BCUT2D eigenvalue weighted by Crippen LogP contribution is 2.24. The highest BCUT2D eigenvalue weighted by molar-refractivity contribution is 5.85. The van der Waals surface area contributed by atoms with Crippen molar-refractivity contribution in [1.82, 2.24) is 9.55 Å². The average molecular weight is 394 g/mol.